The number of aryl methyl sites for hydroxylation is 1. The fourth-order valence-electron chi connectivity index (χ4n) is 6.27. The van der Waals surface area contributed by atoms with Crippen LogP contribution in [0.25, 0.3) is 0 Å². The molecule has 0 aromatic heterocycles. The fraction of sp³-hybridized carbons (Fsp3) is 0.617. The van der Waals surface area contributed by atoms with Crippen LogP contribution in [0.3, 0.4) is 0 Å². The zero-order valence-corrected chi connectivity index (χ0v) is 45.0. The Hall–Kier alpha value is -0.440. The quantitative estimate of drug-likeness (QED) is 0.0823. The van der Waals surface area contributed by atoms with Crippen LogP contribution in [0, 0.1) is 42.4 Å². The summed E-state index contributed by atoms with van der Waals surface area (Å²) in [5, 5.41) is 50.8. The number of carboxylic acid groups (broad SMARTS) is 4. The minimum atomic E-state index is -3.35. The van der Waals surface area contributed by atoms with E-state index in [1.165, 1.54) is 32.7 Å². The van der Waals surface area contributed by atoms with Gasteiger partial charge in [-0.25, -0.2) is 8.42 Å². The number of carbonyl (C=O) groups is 6. The second-order valence-corrected chi connectivity index (χ2v) is 16.1. The summed E-state index contributed by atoms with van der Waals surface area (Å²) in [6.45, 7) is 8.42. The smallest absolute Gasteiger partial charge is 0.550 e. The van der Waals surface area contributed by atoms with Crippen molar-refractivity contribution in [3.63, 3.8) is 0 Å². The molecule has 0 spiro atoms. The van der Waals surface area contributed by atoms with E-state index in [4.69, 9.17) is 0 Å². The SMILES string of the molecule is C.C.C.C.C.C.C.C.C.CCC(C(=O)NCCSCCS(=O)(=O)c1ccc(C)cc1)C(C(=O)NC)C(C)C(=O)[O-].CCC(C(=O)[O-])C(C(=O)[O-])C(C(=O)[O-])C(CC)c1ccccc1.[Na+].[Na+].[Na+].[Na+]. The first-order chi connectivity index (χ1) is 25.4. The molecule has 0 heterocycles. The van der Waals surface area contributed by atoms with E-state index >= 15 is 0 Å². The van der Waals surface area contributed by atoms with Gasteiger partial charge in [0.05, 0.1) is 16.6 Å². The van der Waals surface area contributed by atoms with Gasteiger partial charge in [0.25, 0.3) is 0 Å². The maximum Gasteiger partial charge on any atom is 1.00 e. The number of hydrogen-bond acceptors (Lipinski definition) is 13. The summed E-state index contributed by atoms with van der Waals surface area (Å²) >= 11 is 1.39. The minimum Gasteiger partial charge on any atom is -0.550 e. The zero-order valence-electron chi connectivity index (χ0n) is 35.4. The van der Waals surface area contributed by atoms with Gasteiger partial charge >= 0.3 is 118 Å². The number of amides is 2. The van der Waals surface area contributed by atoms with Crippen molar-refractivity contribution in [1.82, 2.24) is 10.6 Å². The van der Waals surface area contributed by atoms with Crippen molar-refractivity contribution in [3.05, 3.63) is 65.7 Å². The average molecular weight is 1030 g/mol. The molecule has 0 fully saturated rings. The predicted molar refractivity (Wildman–Crippen MR) is 255 cm³/mol. The molecule has 372 valence electrons. The van der Waals surface area contributed by atoms with Gasteiger partial charge < -0.3 is 50.2 Å². The van der Waals surface area contributed by atoms with Crippen molar-refractivity contribution in [1.29, 1.82) is 0 Å². The van der Waals surface area contributed by atoms with Crippen molar-refractivity contribution in [2.75, 3.05) is 30.9 Å². The first-order valence-electron chi connectivity index (χ1n) is 17.6. The number of carbonyl (C=O) groups excluding carboxylic acids is 6. The molecular weight excluding hydrogens is 941 g/mol. The van der Waals surface area contributed by atoms with E-state index in [2.05, 4.69) is 10.6 Å². The Bertz CT molecular complexity index is 1680. The normalized spacial score (nSPS) is 12.1. The molecule has 2 amide bonds. The molecule has 0 aliphatic rings. The number of rotatable bonds is 22. The molecule has 0 bridgehead atoms. The molecule has 0 aliphatic carbocycles. The summed E-state index contributed by atoms with van der Waals surface area (Å²) < 4.78 is 24.6. The molecule has 67 heavy (non-hydrogen) atoms. The first kappa shape index (κ1) is 99.7. The van der Waals surface area contributed by atoms with Crippen molar-refractivity contribution < 1.29 is 176 Å². The van der Waals surface area contributed by atoms with E-state index in [1.54, 1.807) is 68.4 Å². The summed E-state index contributed by atoms with van der Waals surface area (Å²) in [6, 6.07) is 15.2. The number of carboxylic acids is 4. The van der Waals surface area contributed by atoms with Gasteiger partial charge in [0.15, 0.2) is 9.84 Å². The summed E-state index contributed by atoms with van der Waals surface area (Å²) in [6.07, 6.45) is 0.537. The van der Waals surface area contributed by atoms with Crippen LogP contribution in [0.2, 0.25) is 0 Å². The number of nitrogens with one attached hydrogen (secondary N) is 2. The van der Waals surface area contributed by atoms with Crippen LogP contribution >= 0.6 is 11.8 Å². The number of aliphatic carboxylic acids is 4. The zero-order chi connectivity index (χ0) is 41.2. The molecule has 0 radical (unpaired) electrons. The van der Waals surface area contributed by atoms with E-state index in [1.807, 2.05) is 6.92 Å². The Kier molecular flexibility index (Phi) is 77.3. The van der Waals surface area contributed by atoms with Crippen LogP contribution in [0.5, 0.6) is 0 Å². The van der Waals surface area contributed by atoms with E-state index < -0.39 is 87.0 Å². The van der Waals surface area contributed by atoms with Gasteiger partial charge in [-0.3, -0.25) is 9.59 Å². The van der Waals surface area contributed by atoms with E-state index in [9.17, 15) is 57.6 Å². The average Bonchev–Trinajstić information content (AvgIpc) is 3.13. The van der Waals surface area contributed by atoms with Crippen molar-refractivity contribution in [2.45, 2.75) is 132 Å². The molecule has 0 saturated heterocycles. The fourth-order valence-corrected chi connectivity index (χ4v) is 8.86. The molecular formula is C47H86N2Na4O12S2. The maximum atomic E-state index is 12.6. The third kappa shape index (κ3) is 33.0. The van der Waals surface area contributed by atoms with E-state index in [-0.39, 0.29) is 204 Å². The third-order valence-electron chi connectivity index (χ3n) is 9.30. The summed E-state index contributed by atoms with van der Waals surface area (Å²) in [5.41, 5.74) is 1.60. The Morgan fingerprint density at radius 3 is 1.39 bits per heavy atom. The molecule has 7 unspecified atom stereocenters. The van der Waals surface area contributed by atoms with Crippen LogP contribution in [0.15, 0.2) is 59.5 Å². The topological polar surface area (TPSA) is 253 Å². The molecule has 2 rings (SSSR count). The minimum absolute atomic E-state index is 0. The van der Waals surface area contributed by atoms with Gasteiger partial charge in [0, 0.05) is 78.6 Å². The first-order valence-corrected chi connectivity index (χ1v) is 20.4. The standard InChI is InChI=1S/C21H32N2O6S2.C17H22O6.9CH4.4Na/c1-5-17(18(20(25)22-4)15(3)21(26)27)19(24)23-10-11-30-12-13-31(28,29)16-8-6-14(2)7-9-16;1-3-11(10-8-6-5-7-9-10)13(16(20)21)14(17(22)23)12(4-2)15(18)19;;;;;;;;;;;;;/h6-9,15,17-18H,5,10-13H2,1-4H3,(H,22,25)(H,23,24)(H,26,27);5-9,11-14H,3-4H2,1-2H3,(H,18,19)(H,20,21)(H,22,23);9*1H4;;;;/q;;;;;;;;;;;4*+1/p-4. The van der Waals surface area contributed by atoms with Gasteiger partial charge in [-0.05, 0) is 49.8 Å². The van der Waals surface area contributed by atoms with E-state index in [0.717, 1.165) is 5.56 Å². The Labute approximate surface area is 501 Å². The number of hydrogen-bond donors (Lipinski definition) is 2. The molecule has 20 heteroatoms. The van der Waals surface area contributed by atoms with Crippen LogP contribution in [0.4, 0.5) is 0 Å². The second kappa shape index (κ2) is 51.9. The van der Waals surface area contributed by atoms with Gasteiger partial charge in [0.2, 0.25) is 11.8 Å². The number of sulfone groups is 1. The Morgan fingerprint density at radius 1 is 0.582 bits per heavy atom. The molecule has 2 N–H and O–H groups in total. The van der Waals surface area contributed by atoms with Crippen LogP contribution < -0.4 is 149 Å². The largest absolute Gasteiger partial charge is 1.00 e. The third-order valence-corrected chi connectivity index (χ3v) is 12.3. The molecule has 14 nitrogen and oxygen atoms in total. The van der Waals surface area contributed by atoms with Crippen molar-refractivity contribution >= 4 is 57.3 Å². The molecule has 2 aromatic carbocycles. The van der Waals surface area contributed by atoms with Gasteiger partial charge in [-0.2, -0.15) is 11.8 Å². The van der Waals surface area contributed by atoms with Gasteiger partial charge in [-0.1, -0.05) is 143 Å². The maximum absolute atomic E-state index is 12.6. The Balaban J connectivity index is -0.0000000679. The van der Waals surface area contributed by atoms with Crippen LogP contribution in [-0.2, 0) is 38.6 Å². The van der Waals surface area contributed by atoms with Gasteiger partial charge in [0.1, 0.15) is 0 Å². The van der Waals surface area contributed by atoms with Gasteiger partial charge in [-0.15, -0.1) is 0 Å². The van der Waals surface area contributed by atoms with E-state index in [0.29, 0.717) is 34.8 Å². The Morgan fingerprint density at radius 2 is 1.03 bits per heavy atom. The summed E-state index contributed by atoms with van der Waals surface area (Å²) in [7, 11) is -1.96. The molecule has 0 aliphatic heterocycles. The van der Waals surface area contributed by atoms with Crippen molar-refractivity contribution in [2.24, 2.45) is 35.5 Å². The molecule has 7 atom stereocenters. The monoisotopic (exact) mass is 1030 g/mol. The summed E-state index contributed by atoms with van der Waals surface area (Å²) in [5.74, 6) is -14.7. The van der Waals surface area contributed by atoms with Crippen molar-refractivity contribution in [3.8, 4) is 0 Å². The van der Waals surface area contributed by atoms with Crippen LogP contribution in [0.1, 0.15) is 131 Å². The predicted octanol–water partition coefficient (Wildman–Crippen LogP) is -7.18. The molecule has 2 aromatic rings. The molecule has 0 saturated carbocycles. The second-order valence-electron chi connectivity index (χ2n) is 12.7. The number of benzene rings is 2. The summed E-state index contributed by atoms with van der Waals surface area (Å²) in [4.78, 5) is 70.7. The number of thioether (sulfide) groups is 1. The van der Waals surface area contributed by atoms with Crippen LogP contribution in [-0.4, -0.2) is 75.0 Å².